The molecule has 0 fully saturated rings. The summed E-state index contributed by atoms with van der Waals surface area (Å²) >= 11 is 7.64. The molecule has 4 nitrogen and oxygen atoms in total. The summed E-state index contributed by atoms with van der Waals surface area (Å²) in [6, 6.07) is 22.9. The van der Waals surface area contributed by atoms with Crippen LogP contribution in [0.15, 0.2) is 82.7 Å². The molecule has 146 valence electrons. The number of halogens is 1. The van der Waals surface area contributed by atoms with E-state index < -0.39 is 0 Å². The van der Waals surface area contributed by atoms with Gasteiger partial charge in [-0.1, -0.05) is 59.8 Å². The highest BCUT2D eigenvalue weighted by atomic mass is 35.5. The van der Waals surface area contributed by atoms with E-state index in [0.717, 1.165) is 16.9 Å². The van der Waals surface area contributed by atoms with Crippen LogP contribution >= 0.6 is 23.4 Å². The van der Waals surface area contributed by atoms with Crippen molar-refractivity contribution in [1.29, 1.82) is 0 Å². The normalized spacial score (nSPS) is 11.0. The van der Waals surface area contributed by atoms with Gasteiger partial charge in [0.15, 0.2) is 5.16 Å². The van der Waals surface area contributed by atoms with E-state index in [9.17, 15) is 4.79 Å². The van der Waals surface area contributed by atoms with Crippen LogP contribution in [-0.2, 0) is 12.3 Å². The molecule has 0 aliphatic rings. The van der Waals surface area contributed by atoms with Crippen LogP contribution in [0.1, 0.15) is 11.1 Å². The summed E-state index contributed by atoms with van der Waals surface area (Å²) in [7, 11) is 1.64. The number of para-hydroxylation sites is 1. The summed E-state index contributed by atoms with van der Waals surface area (Å²) in [5.41, 5.74) is 2.76. The SMILES string of the molecule is COc1ccc(Cn2c(SCc3cccc(Cl)c3)nc3ccccc3c2=O)cc1. The molecule has 0 saturated carbocycles. The third-order valence-electron chi connectivity index (χ3n) is 4.58. The summed E-state index contributed by atoms with van der Waals surface area (Å²) in [6.07, 6.45) is 0. The molecule has 6 heteroatoms. The highest BCUT2D eigenvalue weighted by Gasteiger charge is 2.12. The van der Waals surface area contributed by atoms with E-state index in [2.05, 4.69) is 0 Å². The summed E-state index contributed by atoms with van der Waals surface area (Å²) in [4.78, 5) is 18.0. The lowest BCUT2D eigenvalue weighted by Crippen LogP contribution is -2.24. The number of fused-ring (bicyclic) bond motifs is 1. The maximum absolute atomic E-state index is 13.2. The Morgan fingerprint density at radius 1 is 1.00 bits per heavy atom. The first-order valence-electron chi connectivity index (χ1n) is 9.14. The van der Waals surface area contributed by atoms with Crippen molar-refractivity contribution < 1.29 is 4.74 Å². The summed E-state index contributed by atoms with van der Waals surface area (Å²) < 4.78 is 6.96. The predicted molar refractivity (Wildman–Crippen MR) is 119 cm³/mol. The minimum Gasteiger partial charge on any atom is -0.497 e. The minimum atomic E-state index is -0.0417. The molecule has 29 heavy (non-hydrogen) atoms. The van der Waals surface area contributed by atoms with Crippen molar-refractivity contribution in [2.45, 2.75) is 17.5 Å². The van der Waals surface area contributed by atoms with E-state index in [1.165, 1.54) is 11.8 Å². The molecular formula is C23H19ClN2O2S. The number of rotatable bonds is 6. The number of hydrogen-bond donors (Lipinski definition) is 0. The number of methoxy groups -OCH3 is 1. The Hall–Kier alpha value is -2.76. The lowest BCUT2D eigenvalue weighted by Gasteiger charge is -2.14. The molecule has 0 saturated heterocycles. The second kappa shape index (κ2) is 8.72. The van der Waals surface area contributed by atoms with Gasteiger partial charge in [0.2, 0.25) is 0 Å². The van der Waals surface area contributed by atoms with Crippen molar-refractivity contribution in [2.75, 3.05) is 7.11 Å². The quantitative estimate of drug-likeness (QED) is 0.308. The molecule has 0 N–H and O–H groups in total. The van der Waals surface area contributed by atoms with E-state index in [-0.39, 0.29) is 5.56 Å². The average molecular weight is 423 g/mol. The fraction of sp³-hybridized carbons (Fsp3) is 0.130. The van der Waals surface area contributed by atoms with E-state index in [4.69, 9.17) is 21.3 Å². The molecule has 1 heterocycles. The molecule has 0 amide bonds. The fourth-order valence-electron chi connectivity index (χ4n) is 3.09. The van der Waals surface area contributed by atoms with Gasteiger partial charge in [0.25, 0.3) is 5.56 Å². The number of aromatic nitrogens is 2. The number of ether oxygens (including phenoxy) is 1. The Bertz CT molecular complexity index is 1210. The monoisotopic (exact) mass is 422 g/mol. The van der Waals surface area contributed by atoms with Gasteiger partial charge in [-0.25, -0.2) is 4.98 Å². The van der Waals surface area contributed by atoms with Crippen molar-refractivity contribution in [3.63, 3.8) is 0 Å². The Balaban J connectivity index is 1.72. The smallest absolute Gasteiger partial charge is 0.262 e. The minimum absolute atomic E-state index is 0.0417. The first kappa shape index (κ1) is 19.6. The molecule has 0 unspecified atom stereocenters. The molecule has 0 bridgehead atoms. The van der Waals surface area contributed by atoms with E-state index in [1.807, 2.05) is 72.8 Å². The topological polar surface area (TPSA) is 44.1 Å². The number of hydrogen-bond acceptors (Lipinski definition) is 4. The van der Waals surface area contributed by atoms with E-state index >= 15 is 0 Å². The zero-order valence-electron chi connectivity index (χ0n) is 15.8. The molecule has 0 radical (unpaired) electrons. The Kier molecular flexibility index (Phi) is 5.88. The Morgan fingerprint density at radius 2 is 1.79 bits per heavy atom. The summed E-state index contributed by atoms with van der Waals surface area (Å²) in [5.74, 6) is 1.46. The molecule has 0 atom stereocenters. The van der Waals surface area contributed by atoms with Gasteiger partial charge in [-0.3, -0.25) is 9.36 Å². The second-order valence-corrected chi connectivity index (χ2v) is 7.95. The molecule has 4 rings (SSSR count). The van der Waals surface area contributed by atoms with Crippen LogP contribution in [0, 0.1) is 0 Å². The first-order chi connectivity index (χ1) is 14.1. The van der Waals surface area contributed by atoms with Gasteiger partial charge >= 0.3 is 0 Å². The third kappa shape index (κ3) is 4.47. The molecule has 0 aliphatic heterocycles. The zero-order chi connectivity index (χ0) is 20.2. The molecule has 4 aromatic rings. The van der Waals surface area contributed by atoms with Gasteiger partial charge in [0.05, 0.1) is 24.6 Å². The van der Waals surface area contributed by atoms with Crippen LogP contribution in [0.3, 0.4) is 0 Å². The predicted octanol–water partition coefficient (Wildman–Crippen LogP) is 5.40. The van der Waals surface area contributed by atoms with Crippen LogP contribution in [0.4, 0.5) is 0 Å². The van der Waals surface area contributed by atoms with E-state index in [1.54, 1.807) is 11.7 Å². The molecule has 0 spiro atoms. The lowest BCUT2D eigenvalue weighted by molar-refractivity contribution is 0.414. The molecule has 0 aliphatic carbocycles. The molecule has 1 aromatic heterocycles. The van der Waals surface area contributed by atoms with Crippen LogP contribution in [0.2, 0.25) is 5.02 Å². The van der Waals surface area contributed by atoms with Gasteiger partial charge in [0.1, 0.15) is 5.75 Å². The van der Waals surface area contributed by atoms with Gasteiger partial charge < -0.3 is 4.74 Å². The van der Waals surface area contributed by atoms with Crippen molar-refractivity contribution in [3.8, 4) is 5.75 Å². The van der Waals surface area contributed by atoms with Gasteiger partial charge in [-0.15, -0.1) is 0 Å². The molecule has 3 aromatic carbocycles. The van der Waals surface area contributed by atoms with Crippen LogP contribution in [0.5, 0.6) is 5.75 Å². The standard InChI is InChI=1S/C23H19ClN2O2S/c1-28-19-11-9-16(10-12-19)14-26-22(27)20-7-2-3-8-21(20)25-23(26)29-15-17-5-4-6-18(24)13-17/h2-13H,14-15H2,1H3. The largest absolute Gasteiger partial charge is 0.497 e. The number of thioether (sulfide) groups is 1. The Morgan fingerprint density at radius 3 is 2.55 bits per heavy atom. The molecular weight excluding hydrogens is 404 g/mol. The van der Waals surface area contributed by atoms with Gasteiger partial charge in [0, 0.05) is 10.8 Å². The Labute approximate surface area is 178 Å². The van der Waals surface area contributed by atoms with Crippen molar-refractivity contribution >= 4 is 34.3 Å². The maximum Gasteiger partial charge on any atom is 0.262 e. The van der Waals surface area contributed by atoms with Crippen molar-refractivity contribution in [3.05, 3.63) is 99.3 Å². The first-order valence-corrected chi connectivity index (χ1v) is 10.5. The lowest BCUT2D eigenvalue weighted by atomic mass is 10.2. The highest BCUT2D eigenvalue weighted by Crippen LogP contribution is 2.24. The van der Waals surface area contributed by atoms with Crippen molar-refractivity contribution in [2.24, 2.45) is 0 Å². The average Bonchev–Trinajstić information content (AvgIpc) is 2.75. The van der Waals surface area contributed by atoms with E-state index in [0.29, 0.717) is 33.4 Å². The summed E-state index contributed by atoms with van der Waals surface area (Å²) in [6.45, 7) is 0.443. The fourth-order valence-corrected chi connectivity index (χ4v) is 4.24. The number of nitrogens with zero attached hydrogens (tertiary/aromatic N) is 2. The number of benzene rings is 3. The van der Waals surface area contributed by atoms with Crippen LogP contribution in [0.25, 0.3) is 10.9 Å². The van der Waals surface area contributed by atoms with Gasteiger partial charge in [-0.2, -0.15) is 0 Å². The summed E-state index contributed by atoms with van der Waals surface area (Å²) in [5, 5.41) is 2.00. The third-order valence-corrected chi connectivity index (χ3v) is 5.87. The van der Waals surface area contributed by atoms with Gasteiger partial charge in [-0.05, 0) is 47.5 Å². The van der Waals surface area contributed by atoms with Crippen LogP contribution < -0.4 is 10.3 Å². The second-order valence-electron chi connectivity index (χ2n) is 6.57. The maximum atomic E-state index is 13.2. The zero-order valence-corrected chi connectivity index (χ0v) is 17.4. The van der Waals surface area contributed by atoms with Crippen LogP contribution in [-0.4, -0.2) is 16.7 Å². The highest BCUT2D eigenvalue weighted by molar-refractivity contribution is 7.98. The van der Waals surface area contributed by atoms with Crippen molar-refractivity contribution in [1.82, 2.24) is 9.55 Å².